The third-order valence-corrected chi connectivity index (χ3v) is 2.48. The molecule has 0 fully saturated rings. The summed E-state index contributed by atoms with van der Waals surface area (Å²) in [5.74, 6) is -0.143. The minimum Gasteiger partial charge on any atom is -0.437 e. The number of hydrogen-bond acceptors (Lipinski definition) is 4. The van der Waals surface area contributed by atoms with Crippen molar-refractivity contribution in [3.63, 3.8) is 0 Å². The molecule has 19 heavy (non-hydrogen) atoms. The van der Waals surface area contributed by atoms with Gasteiger partial charge in [-0.3, -0.25) is 0 Å². The Morgan fingerprint density at radius 3 is 2.63 bits per heavy atom. The smallest absolute Gasteiger partial charge is 0.416 e. The molecular weight excluding hydrogens is 283 g/mol. The highest BCUT2D eigenvalue weighted by atomic mass is 35.5. The highest BCUT2D eigenvalue weighted by molar-refractivity contribution is 6.32. The zero-order valence-electron chi connectivity index (χ0n) is 9.28. The van der Waals surface area contributed by atoms with Gasteiger partial charge in [0.05, 0.1) is 5.56 Å². The first kappa shape index (κ1) is 13.4. The van der Waals surface area contributed by atoms with Crippen LogP contribution in [0.1, 0.15) is 5.56 Å². The Balaban J connectivity index is 2.31. The van der Waals surface area contributed by atoms with Gasteiger partial charge in [0.25, 0.3) is 0 Å². The Labute approximate surface area is 111 Å². The van der Waals surface area contributed by atoms with E-state index in [1.807, 2.05) is 0 Å². The van der Waals surface area contributed by atoms with E-state index in [0.717, 1.165) is 18.5 Å². The lowest BCUT2D eigenvalue weighted by Gasteiger charge is -2.10. The number of alkyl halides is 3. The molecule has 2 rings (SSSR count). The number of rotatable bonds is 2. The van der Waals surface area contributed by atoms with Crippen LogP contribution in [-0.2, 0) is 6.18 Å². The van der Waals surface area contributed by atoms with Crippen LogP contribution >= 0.6 is 11.6 Å². The van der Waals surface area contributed by atoms with Gasteiger partial charge in [0, 0.05) is 0 Å². The fourth-order valence-corrected chi connectivity index (χ4v) is 1.41. The van der Waals surface area contributed by atoms with E-state index in [9.17, 15) is 13.2 Å². The number of ether oxygens (including phenoxy) is 1. The van der Waals surface area contributed by atoms with E-state index < -0.39 is 11.7 Å². The highest BCUT2D eigenvalue weighted by Gasteiger charge is 2.30. The first-order chi connectivity index (χ1) is 8.88. The second kappa shape index (κ2) is 4.93. The molecule has 2 N–H and O–H groups in total. The number of nitrogens with zero attached hydrogens (tertiary/aromatic N) is 2. The summed E-state index contributed by atoms with van der Waals surface area (Å²) < 4.78 is 42.7. The quantitative estimate of drug-likeness (QED) is 0.859. The average molecular weight is 290 g/mol. The number of nitrogen functional groups attached to an aromatic ring is 1. The zero-order chi connectivity index (χ0) is 14.0. The minimum absolute atomic E-state index is 0.0306. The lowest BCUT2D eigenvalue weighted by Crippen LogP contribution is -2.05. The van der Waals surface area contributed by atoms with Crippen LogP contribution in [0.3, 0.4) is 0 Å². The molecular formula is C11H7ClF3N3O. The van der Waals surface area contributed by atoms with Gasteiger partial charge in [0.2, 0.25) is 5.88 Å². The molecule has 0 radical (unpaired) electrons. The Bertz CT molecular complexity index is 604. The molecule has 0 saturated carbocycles. The van der Waals surface area contributed by atoms with E-state index in [1.54, 1.807) is 0 Å². The zero-order valence-corrected chi connectivity index (χ0v) is 10.0. The fourth-order valence-electron chi connectivity index (χ4n) is 1.29. The summed E-state index contributed by atoms with van der Waals surface area (Å²) in [4.78, 5) is 7.31. The van der Waals surface area contributed by atoms with Crippen LogP contribution in [0.25, 0.3) is 0 Å². The molecule has 1 aromatic carbocycles. The van der Waals surface area contributed by atoms with Crippen molar-refractivity contribution in [3.05, 3.63) is 41.3 Å². The van der Waals surface area contributed by atoms with Crippen LogP contribution in [0.15, 0.2) is 30.6 Å². The van der Waals surface area contributed by atoms with Crippen LogP contribution in [0.4, 0.5) is 18.9 Å². The molecule has 0 aliphatic rings. The number of hydrogen-bond donors (Lipinski definition) is 1. The largest absolute Gasteiger partial charge is 0.437 e. The topological polar surface area (TPSA) is 61.0 Å². The molecule has 0 unspecified atom stereocenters. The van der Waals surface area contributed by atoms with Gasteiger partial charge < -0.3 is 10.5 Å². The molecule has 0 bridgehead atoms. The lowest BCUT2D eigenvalue weighted by atomic mass is 10.2. The van der Waals surface area contributed by atoms with Gasteiger partial charge >= 0.3 is 6.18 Å². The molecule has 1 heterocycles. The summed E-state index contributed by atoms with van der Waals surface area (Å²) >= 11 is 5.65. The van der Waals surface area contributed by atoms with Gasteiger partial charge in [-0.1, -0.05) is 17.7 Å². The van der Waals surface area contributed by atoms with E-state index >= 15 is 0 Å². The van der Waals surface area contributed by atoms with Crippen LogP contribution in [0.2, 0.25) is 5.15 Å². The Morgan fingerprint density at radius 2 is 1.95 bits per heavy atom. The SMILES string of the molecule is Nc1c(Cl)ncnc1Oc1cccc(C(F)(F)F)c1. The molecule has 1 aromatic heterocycles. The molecule has 0 saturated heterocycles. The second-order valence-corrected chi connectivity index (χ2v) is 3.87. The number of nitrogens with two attached hydrogens (primary N) is 1. The predicted octanol–water partition coefficient (Wildman–Crippen LogP) is 3.52. The molecule has 0 amide bonds. The fraction of sp³-hybridized carbons (Fsp3) is 0.0909. The Morgan fingerprint density at radius 1 is 1.21 bits per heavy atom. The van der Waals surface area contributed by atoms with Gasteiger partial charge in [0.15, 0.2) is 5.15 Å². The monoisotopic (exact) mass is 289 g/mol. The van der Waals surface area contributed by atoms with Crippen molar-refractivity contribution < 1.29 is 17.9 Å². The maximum Gasteiger partial charge on any atom is 0.416 e. The minimum atomic E-state index is -4.45. The van der Waals surface area contributed by atoms with Gasteiger partial charge in [-0.25, -0.2) is 4.98 Å². The first-order valence-electron chi connectivity index (χ1n) is 4.99. The molecule has 0 spiro atoms. The average Bonchev–Trinajstić information content (AvgIpc) is 2.34. The molecule has 0 atom stereocenters. The van der Waals surface area contributed by atoms with Crippen LogP contribution < -0.4 is 10.5 Å². The van der Waals surface area contributed by atoms with Crippen LogP contribution in [0.5, 0.6) is 11.6 Å². The maximum atomic E-state index is 12.5. The summed E-state index contributed by atoms with van der Waals surface area (Å²) in [6.07, 6.45) is -3.35. The van der Waals surface area contributed by atoms with Crippen molar-refractivity contribution in [2.45, 2.75) is 6.18 Å². The van der Waals surface area contributed by atoms with Crippen LogP contribution in [-0.4, -0.2) is 9.97 Å². The predicted molar refractivity (Wildman–Crippen MR) is 63.0 cm³/mol. The van der Waals surface area contributed by atoms with E-state index in [4.69, 9.17) is 22.1 Å². The number of aromatic nitrogens is 2. The van der Waals surface area contributed by atoms with E-state index in [1.165, 1.54) is 12.1 Å². The standard InChI is InChI=1S/C11H7ClF3N3O/c12-9-8(16)10(18-5-17-9)19-7-3-1-2-6(4-7)11(13,14)15/h1-5H,16H2. The van der Waals surface area contributed by atoms with Crippen molar-refractivity contribution in [3.8, 4) is 11.6 Å². The Kier molecular flexibility index (Phi) is 3.48. The molecule has 2 aromatic rings. The molecule has 8 heteroatoms. The number of anilines is 1. The highest BCUT2D eigenvalue weighted by Crippen LogP contribution is 2.34. The van der Waals surface area contributed by atoms with E-state index in [0.29, 0.717) is 0 Å². The Hall–Kier alpha value is -2.02. The van der Waals surface area contributed by atoms with Crippen molar-refractivity contribution in [2.75, 3.05) is 5.73 Å². The molecule has 0 aliphatic carbocycles. The van der Waals surface area contributed by atoms with Crippen molar-refractivity contribution in [1.82, 2.24) is 9.97 Å². The second-order valence-electron chi connectivity index (χ2n) is 3.51. The molecule has 0 aliphatic heterocycles. The van der Waals surface area contributed by atoms with Gasteiger partial charge in [-0.2, -0.15) is 18.2 Å². The first-order valence-corrected chi connectivity index (χ1v) is 5.37. The normalized spacial score (nSPS) is 11.4. The summed E-state index contributed by atoms with van der Waals surface area (Å²) in [5, 5.41) is -0.0306. The van der Waals surface area contributed by atoms with E-state index in [-0.39, 0.29) is 22.5 Å². The van der Waals surface area contributed by atoms with Gasteiger partial charge in [-0.05, 0) is 18.2 Å². The summed E-state index contributed by atoms with van der Waals surface area (Å²) in [6.45, 7) is 0. The third kappa shape index (κ3) is 3.05. The number of halogens is 4. The lowest BCUT2D eigenvalue weighted by molar-refractivity contribution is -0.137. The summed E-state index contributed by atoms with van der Waals surface area (Å²) in [7, 11) is 0. The van der Waals surface area contributed by atoms with Crippen molar-refractivity contribution in [1.29, 1.82) is 0 Å². The summed E-state index contributed by atoms with van der Waals surface area (Å²) in [5.41, 5.74) is 4.68. The van der Waals surface area contributed by atoms with Gasteiger partial charge in [-0.15, -0.1) is 0 Å². The number of benzene rings is 1. The third-order valence-electron chi connectivity index (χ3n) is 2.17. The summed E-state index contributed by atoms with van der Waals surface area (Å²) in [6, 6.07) is 4.35. The molecule has 4 nitrogen and oxygen atoms in total. The molecule has 100 valence electrons. The van der Waals surface area contributed by atoms with Gasteiger partial charge in [0.1, 0.15) is 17.8 Å². The van der Waals surface area contributed by atoms with Crippen molar-refractivity contribution in [2.24, 2.45) is 0 Å². The van der Waals surface area contributed by atoms with Crippen molar-refractivity contribution >= 4 is 17.3 Å². The van der Waals surface area contributed by atoms with Crippen LogP contribution in [0, 0.1) is 0 Å². The maximum absolute atomic E-state index is 12.5. The van der Waals surface area contributed by atoms with E-state index in [2.05, 4.69) is 9.97 Å².